The average molecular weight is 393 g/mol. The molecule has 29 heavy (non-hydrogen) atoms. The average Bonchev–Trinajstić information content (AvgIpc) is 3.22. The number of amides is 1. The molecule has 152 valence electrons. The van der Waals surface area contributed by atoms with Crippen LogP contribution in [0.4, 0.5) is 0 Å². The van der Waals surface area contributed by atoms with Gasteiger partial charge in [-0.15, -0.1) is 0 Å². The zero-order valence-corrected chi connectivity index (χ0v) is 17.1. The predicted molar refractivity (Wildman–Crippen MR) is 111 cm³/mol. The smallest absolute Gasteiger partial charge is 0.227 e. The Bertz CT molecular complexity index is 905. The summed E-state index contributed by atoms with van der Waals surface area (Å²) in [4.78, 5) is 17.0. The Labute approximate surface area is 171 Å². The van der Waals surface area contributed by atoms with Gasteiger partial charge in [-0.1, -0.05) is 61.5 Å². The number of aromatic nitrogens is 2. The van der Waals surface area contributed by atoms with Crippen molar-refractivity contribution in [2.45, 2.75) is 45.6 Å². The Balaban J connectivity index is 1.70. The van der Waals surface area contributed by atoms with Crippen LogP contribution in [0.3, 0.4) is 0 Å². The molecule has 6 nitrogen and oxygen atoms in total. The monoisotopic (exact) mass is 393 g/mol. The zero-order valence-electron chi connectivity index (χ0n) is 17.1. The molecule has 0 saturated carbocycles. The first kappa shape index (κ1) is 20.6. The minimum atomic E-state index is -0.242. The third kappa shape index (κ3) is 5.67. The SMILES string of the molecule is CCOc1ccc(C(NC(=O)CCc2nc(C(C)C)no2)c2ccccc2)cc1. The maximum absolute atomic E-state index is 12.7. The first-order valence-electron chi connectivity index (χ1n) is 9.96. The third-order valence-electron chi connectivity index (χ3n) is 4.53. The molecule has 0 spiro atoms. The van der Waals surface area contributed by atoms with Gasteiger partial charge in [0.25, 0.3) is 0 Å². The topological polar surface area (TPSA) is 77.2 Å². The van der Waals surface area contributed by atoms with Crippen LogP contribution >= 0.6 is 0 Å². The summed E-state index contributed by atoms with van der Waals surface area (Å²) in [5.41, 5.74) is 2.01. The van der Waals surface area contributed by atoms with Crippen LogP contribution in [0.1, 0.15) is 62.0 Å². The first-order valence-corrected chi connectivity index (χ1v) is 9.96. The van der Waals surface area contributed by atoms with Gasteiger partial charge in [0, 0.05) is 18.8 Å². The minimum Gasteiger partial charge on any atom is -0.494 e. The molecule has 0 aliphatic heterocycles. The highest BCUT2D eigenvalue weighted by atomic mass is 16.5. The summed E-state index contributed by atoms with van der Waals surface area (Å²) >= 11 is 0. The van der Waals surface area contributed by atoms with Crippen molar-refractivity contribution >= 4 is 5.91 Å². The largest absolute Gasteiger partial charge is 0.494 e. The number of hydrogen-bond donors (Lipinski definition) is 1. The fourth-order valence-electron chi connectivity index (χ4n) is 2.99. The van der Waals surface area contributed by atoms with Crippen LogP contribution < -0.4 is 10.1 Å². The fraction of sp³-hybridized carbons (Fsp3) is 0.348. The Morgan fingerprint density at radius 3 is 2.38 bits per heavy atom. The van der Waals surface area contributed by atoms with Crippen molar-refractivity contribution in [2.24, 2.45) is 0 Å². The second kappa shape index (κ2) is 9.87. The molecule has 6 heteroatoms. The number of rotatable bonds is 9. The molecule has 2 aromatic carbocycles. The van der Waals surface area contributed by atoms with Gasteiger partial charge in [-0.2, -0.15) is 4.98 Å². The molecule has 1 heterocycles. The lowest BCUT2D eigenvalue weighted by Gasteiger charge is -2.20. The molecule has 3 rings (SSSR count). The number of benzene rings is 2. The molecule has 0 fully saturated rings. The fourth-order valence-corrected chi connectivity index (χ4v) is 2.99. The van der Waals surface area contributed by atoms with Crippen molar-refractivity contribution in [2.75, 3.05) is 6.61 Å². The van der Waals surface area contributed by atoms with Crippen molar-refractivity contribution in [3.63, 3.8) is 0 Å². The predicted octanol–water partition coefficient (Wildman–Crippen LogP) is 4.43. The van der Waals surface area contributed by atoms with Crippen LogP contribution in [0, 0.1) is 0 Å². The Morgan fingerprint density at radius 1 is 1.07 bits per heavy atom. The Morgan fingerprint density at radius 2 is 1.76 bits per heavy atom. The molecule has 3 aromatic rings. The van der Waals surface area contributed by atoms with Gasteiger partial charge in [-0.05, 0) is 30.2 Å². The molecule has 0 aliphatic rings. The van der Waals surface area contributed by atoms with E-state index in [9.17, 15) is 4.79 Å². The molecule has 0 bridgehead atoms. The molecule has 0 aliphatic carbocycles. The summed E-state index contributed by atoms with van der Waals surface area (Å²) in [5, 5.41) is 7.07. The van der Waals surface area contributed by atoms with E-state index in [1.165, 1.54) is 0 Å². The van der Waals surface area contributed by atoms with Gasteiger partial charge in [0.2, 0.25) is 11.8 Å². The molecule has 0 radical (unpaired) electrons. The Hall–Kier alpha value is -3.15. The summed E-state index contributed by atoms with van der Waals surface area (Å²) in [6.45, 7) is 6.58. The highest BCUT2D eigenvalue weighted by Gasteiger charge is 2.18. The number of hydrogen-bond acceptors (Lipinski definition) is 5. The van der Waals surface area contributed by atoms with E-state index >= 15 is 0 Å². The van der Waals surface area contributed by atoms with E-state index in [-0.39, 0.29) is 24.3 Å². The van der Waals surface area contributed by atoms with Crippen LogP contribution in [0.15, 0.2) is 59.1 Å². The van der Waals surface area contributed by atoms with Crippen molar-refractivity contribution in [1.29, 1.82) is 0 Å². The van der Waals surface area contributed by atoms with Crippen molar-refractivity contribution in [3.05, 3.63) is 77.4 Å². The second-order valence-corrected chi connectivity index (χ2v) is 7.11. The Kier molecular flexibility index (Phi) is 7.00. The summed E-state index contributed by atoms with van der Waals surface area (Å²) in [5.74, 6) is 2.09. The van der Waals surface area contributed by atoms with E-state index in [1.807, 2.05) is 75.4 Å². The highest BCUT2D eigenvalue weighted by Crippen LogP contribution is 2.24. The number of carbonyl (C=O) groups is 1. The number of nitrogens with one attached hydrogen (secondary N) is 1. The minimum absolute atomic E-state index is 0.0722. The van der Waals surface area contributed by atoms with Gasteiger partial charge in [-0.25, -0.2) is 0 Å². The van der Waals surface area contributed by atoms with Crippen LogP contribution in [0.2, 0.25) is 0 Å². The molecule has 1 N–H and O–H groups in total. The maximum atomic E-state index is 12.7. The molecular weight excluding hydrogens is 366 g/mol. The lowest BCUT2D eigenvalue weighted by Crippen LogP contribution is -2.29. The van der Waals surface area contributed by atoms with Crippen LogP contribution in [0.5, 0.6) is 5.75 Å². The van der Waals surface area contributed by atoms with E-state index in [0.717, 1.165) is 16.9 Å². The maximum Gasteiger partial charge on any atom is 0.227 e. The molecular formula is C23H27N3O3. The van der Waals surface area contributed by atoms with E-state index in [0.29, 0.717) is 24.7 Å². The molecule has 0 saturated heterocycles. The van der Waals surface area contributed by atoms with Crippen LogP contribution in [-0.2, 0) is 11.2 Å². The number of ether oxygens (including phenoxy) is 1. The number of nitrogens with zero attached hydrogens (tertiary/aromatic N) is 2. The van der Waals surface area contributed by atoms with Gasteiger partial charge < -0.3 is 14.6 Å². The number of carbonyl (C=O) groups excluding carboxylic acids is 1. The normalized spacial score (nSPS) is 12.0. The van der Waals surface area contributed by atoms with Gasteiger partial charge in [0.1, 0.15) is 5.75 Å². The summed E-state index contributed by atoms with van der Waals surface area (Å²) in [6.07, 6.45) is 0.691. The van der Waals surface area contributed by atoms with Gasteiger partial charge in [-0.3, -0.25) is 4.79 Å². The molecule has 1 atom stereocenters. The summed E-state index contributed by atoms with van der Waals surface area (Å²) in [6, 6.07) is 17.5. The van der Waals surface area contributed by atoms with Gasteiger partial charge in [0.15, 0.2) is 5.82 Å². The quantitative estimate of drug-likeness (QED) is 0.582. The van der Waals surface area contributed by atoms with Gasteiger partial charge >= 0.3 is 0 Å². The van der Waals surface area contributed by atoms with Crippen LogP contribution in [-0.4, -0.2) is 22.7 Å². The van der Waals surface area contributed by atoms with E-state index < -0.39 is 0 Å². The molecule has 1 aromatic heterocycles. The lowest BCUT2D eigenvalue weighted by atomic mass is 9.98. The standard InChI is InChI=1S/C23H27N3O3/c1-4-28-19-12-10-18(11-13-19)22(17-8-6-5-7-9-17)24-20(27)14-15-21-25-23(16(2)3)26-29-21/h5-13,16,22H,4,14-15H2,1-3H3,(H,24,27). The zero-order chi connectivity index (χ0) is 20.6. The van der Waals surface area contributed by atoms with Crippen molar-refractivity contribution in [1.82, 2.24) is 15.5 Å². The first-order chi connectivity index (χ1) is 14.1. The lowest BCUT2D eigenvalue weighted by molar-refractivity contribution is -0.121. The van der Waals surface area contributed by atoms with Crippen molar-refractivity contribution in [3.8, 4) is 5.75 Å². The van der Waals surface area contributed by atoms with Crippen molar-refractivity contribution < 1.29 is 14.1 Å². The summed E-state index contributed by atoms with van der Waals surface area (Å²) < 4.78 is 10.8. The van der Waals surface area contributed by atoms with Crippen LogP contribution in [0.25, 0.3) is 0 Å². The highest BCUT2D eigenvalue weighted by molar-refractivity contribution is 5.77. The second-order valence-electron chi connectivity index (χ2n) is 7.11. The van der Waals surface area contributed by atoms with E-state index in [1.54, 1.807) is 0 Å². The van der Waals surface area contributed by atoms with Gasteiger partial charge in [0.05, 0.1) is 12.6 Å². The van der Waals surface area contributed by atoms with E-state index in [4.69, 9.17) is 9.26 Å². The molecule has 1 amide bonds. The molecule has 1 unspecified atom stereocenters. The third-order valence-corrected chi connectivity index (χ3v) is 4.53. The summed E-state index contributed by atoms with van der Waals surface area (Å²) in [7, 11) is 0. The number of aryl methyl sites for hydroxylation is 1. The van der Waals surface area contributed by atoms with E-state index in [2.05, 4.69) is 15.5 Å².